The summed E-state index contributed by atoms with van der Waals surface area (Å²) < 4.78 is 5.40. The molecule has 1 heterocycles. The molecular weight excluding hydrogens is 178 g/mol. The van der Waals surface area contributed by atoms with E-state index in [1.165, 1.54) is 6.42 Å². The standard InChI is InChI=1S/C10H17N3O/c1-3-4-8(2)7-14-10-12-5-9(11)6-13-10/h5-6,8H,3-4,7,11H2,1-2H3. The third-order valence-corrected chi connectivity index (χ3v) is 1.93. The predicted octanol–water partition coefficient (Wildman–Crippen LogP) is 1.87. The molecule has 2 N–H and O–H groups in total. The number of hydrogen-bond acceptors (Lipinski definition) is 4. The highest BCUT2D eigenvalue weighted by Gasteiger charge is 2.03. The van der Waals surface area contributed by atoms with Crippen molar-refractivity contribution in [2.75, 3.05) is 12.3 Å². The first kappa shape index (κ1) is 10.8. The van der Waals surface area contributed by atoms with Crippen LogP contribution in [-0.4, -0.2) is 16.6 Å². The van der Waals surface area contributed by atoms with Crippen LogP contribution in [0.3, 0.4) is 0 Å². The van der Waals surface area contributed by atoms with Crippen LogP contribution in [0.5, 0.6) is 6.01 Å². The minimum atomic E-state index is 0.405. The summed E-state index contributed by atoms with van der Waals surface area (Å²) in [7, 11) is 0. The normalized spacial score (nSPS) is 12.4. The molecule has 1 rings (SSSR count). The number of aromatic nitrogens is 2. The summed E-state index contributed by atoms with van der Waals surface area (Å²) in [6.45, 7) is 4.98. The van der Waals surface area contributed by atoms with Gasteiger partial charge in [-0.1, -0.05) is 20.3 Å². The van der Waals surface area contributed by atoms with E-state index < -0.39 is 0 Å². The van der Waals surface area contributed by atoms with Crippen molar-refractivity contribution >= 4 is 5.69 Å². The second-order valence-electron chi connectivity index (χ2n) is 3.50. The maximum atomic E-state index is 5.45. The molecule has 1 aromatic heterocycles. The zero-order chi connectivity index (χ0) is 10.4. The minimum absolute atomic E-state index is 0.405. The Morgan fingerprint density at radius 3 is 2.64 bits per heavy atom. The third kappa shape index (κ3) is 3.60. The van der Waals surface area contributed by atoms with Gasteiger partial charge in [0.05, 0.1) is 24.7 Å². The quantitative estimate of drug-likeness (QED) is 0.779. The van der Waals surface area contributed by atoms with E-state index in [4.69, 9.17) is 10.5 Å². The fourth-order valence-corrected chi connectivity index (χ4v) is 1.19. The van der Waals surface area contributed by atoms with Gasteiger partial charge in [0.1, 0.15) is 0 Å². The van der Waals surface area contributed by atoms with Gasteiger partial charge in [-0.2, -0.15) is 0 Å². The molecule has 14 heavy (non-hydrogen) atoms. The van der Waals surface area contributed by atoms with E-state index in [9.17, 15) is 0 Å². The molecule has 0 aliphatic heterocycles. The van der Waals surface area contributed by atoms with Crippen molar-refractivity contribution in [1.82, 2.24) is 9.97 Å². The zero-order valence-electron chi connectivity index (χ0n) is 8.73. The van der Waals surface area contributed by atoms with Crippen molar-refractivity contribution in [1.29, 1.82) is 0 Å². The van der Waals surface area contributed by atoms with Crippen molar-refractivity contribution in [2.24, 2.45) is 5.92 Å². The van der Waals surface area contributed by atoms with Gasteiger partial charge in [-0.3, -0.25) is 0 Å². The first-order valence-electron chi connectivity index (χ1n) is 4.92. The molecule has 0 aliphatic rings. The molecule has 0 aliphatic carbocycles. The lowest BCUT2D eigenvalue weighted by Crippen LogP contribution is -2.09. The largest absolute Gasteiger partial charge is 0.463 e. The van der Waals surface area contributed by atoms with Gasteiger partial charge < -0.3 is 10.5 Å². The zero-order valence-corrected chi connectivity index (χ0v) is 8.73. The van der Waals surface area contributed by atoms with Crippen LogP contribution in [0.4, 0.5) is 5.69 Å². The molecule has 1 atom stereocenters. The summed E-state index contributed by atoms with van der Waals surface area (Å²) in [6.07, 6.45) is 5.43. The van der Waals surface area contributed by atoms with Gasteiger partial charge >= 0.3 is 6.01 Å². The Bertz CT molecular complexity index is 261. The highest BCUT2D eigenvalue weighted by atomic mass is 16.5. The summed E-state index contributed by atoms with van der Waals surface area (Å²) in [5.74, 6) is 0.543. The fraction of sp³-hybridized carbons (Fsp3) is 0.600. The van der Waals surface area contributed by atoms with Crippen molar-refractivity contribution in [3.63, 3.8) is 0 Å². The smallest absolute Gasteiger partial charge is 0.316 e. The Kier molecular flexibility index (Phi) is 4.16. The SMILES string of the molecule is CCCC(C)COc1ncc(N)cn1. The fourth-order valence-electron chi connectivity index (χ4n) is 1.19. The second kappa shape index (κ2) is 5.42. The highest BCUT2D eigenvalue weighted by Crippen LogP contribution is 2.08. The molecule has 78 valence electrons. The molecule has 0 aromatic carbocycles. The summed E-state index contributed by atoms with van der Waals surface area (Å²) in [4.78, 5) is 7.90. The number of rotatable bonds is 5. The Morgan fingerprint density at radius 1 is 1.43 bits per heavy atom. The van der Waals surface area contributed by atoms with Gasteiger partial charge in [-0.25, -0.2) is 9.97 Å². The van der Waals surface area contributed by atoms with Gasteiger partial charge in [-0.05, 0) is 12.3 Å². The van der Waals surface area contributed by atoms with Crippen molar-refractivity contribution < 1.29 is 4.74 Å². The lowest BCUT2D eigenvalue weighted by molar-refractivity contribution is 0.234. The summed E-state index contributed by atoms with van der Waals surface area (Å²) >= 11 is 0. The molecule has 0 radical (unpaired) electrons. The van der Waals surface area contributed by atoms with E-state index in [0.717, 1.165) is 6.42 Å². The number of hydrogen-bond donors (Lipinski definition) is 1. The van der Waals surface area contributed by atoms with Crippen LogP contribution in [-0.2, 0) is 0 Å². The number of anilines is 1. The van der Waals surface area contributed by atoms with Crippen LogP contribution < -0.4 is 10.5 Å². The number of nitrogens with zero attached hydrogens (tertiary/aromatic N) is 2. The van der Waals surface area contributed by atoms with Gasteiger partial charge in [0.15, 0.2) is 0 Å². The van der Waals surface area contributed by atoms with Gasteiger partial charge in [-0.15, -0.1) is 0 Å². The molecule has 0 amide bonds. The van der Waals surface area contributed by atoms with Crippen molar-refractivity contribution in [2.45, 2.75) is 26.7 Å². The van der Waals surface area contributed by atoms with Crippen LogP contribution in [0.2, 0.25) is 0 Å². The molecule has 0 saturated heterocycles. The molecule has 1 aromatic rings. The molecule has 1 unspecified atom stereocenters. The second-order valence-corrected chi connectivity index (χ2v) is 3.50. The summed E-state index contributed by atoms with van der Waals surface area (Å²) in [5, 5.41) is 0. The average Bonchev–Trinajstić information content (AvgIpc) is 2.17. The van der Waals surface area contributed by atoms with Crippen LogP contribution in [0.15, 0.2) is 12.4 Å². The van der Waals surface area contributed by atoms with E-state index in [2.05, 4.69) is 23.8 Å². The summed E-state index contributed by atoms with van der Waals surface area (Å²) in [6, 6.07) is 0.405. The molecular formula is C10H17N3O. The van der Waals surface area contributed by atoms with Crippen molar-refractivity contribution in [3.8, 4) is 6.01 Å². The Labute approximate surface area is 84.5 Å². The third-order valence-electron chi connectivity index (χ3n) is 1.93. The maximum absolute atomic E-state index is 5.45. The molecule has 0 bridgehead atoms. The predicted molar refractivity (Wildman–Crippen MR) is 56.0 cm³/mol. The number of nitrogen functional groups attached to an aromatic ring is 1. The molecule has 4 heteroatoms. The van der Waals surface area contributed by atoms with Crippen LogP contribution >= 0.6 is 0 Å². The number of ether oxygens (including phenoxy) is 1. The topological polar surface area (TPSA) is 61.0 Å². The Hall–Kier alpha value is -1.32. The molecule has 0 fully saturated rings. The number of nitrogens with two attached hydrogens (primary N) is 1. The van der Waals surface area contributed by atoms with E-state index >= 15 is 0 Å². The van der Waals surface area contributed by atoms with E-state index in [-0.39, 0.29) is 0 Å². The van der Waals surface area contributed by atoms with Gasteiger partial charge in [0, 0.05) is 0 Å². The molecule has 0 saturated carbocycles. The van der Waals surface area contributed by atoms with Crippen LogP contribution in [0.1, 0.15) is 26.7 Å². The van der Waals surface area contributed by atoms with E-state index in [1.807, 2.05) is 0 Å². The Balaban J connectivity index is 2.34. The first-order chi connectivity index (χ1) is 6.72. The molecule has 4 nitrogen and oxygen atoms in total. The maximum Gasteiger partial charge on any atom is 0.316 e. The summed E-state index contributed by atoms with van der Waals surface area (Å²) in [5.41, 5.74) is 6.00. The highest BCUT2D eigenvalue weighted by molar-refractivity contribution is 5.30. The first-order valence-corrected chi connectivity index (χ1v) is 4.92. The monoisotopic (exact) mass is 195 g/mol. The lowest BCUT2D eigenvalue weighted by Gasteiger charge is -2.10. The average molecular weight is 195 g/mol. The van der Waals surface area contributed by atoms with Gasteiger partial charge in [0.2, 0.25) is 0 Å². The van der Waals surface area contributed by atoms with E-state index in [1.54, 1.807) is 12.4 Å². The Morgan fingerprint density at radius 2 is 2.07 bits per heavy atom. The van der Waals surface area contributed by atoms with Crippen LogP contribution in [0, 0.1) is 5.92 Å². The molecule has 0 spiro atoms. The van der Waals surface area contributed by atoms with E-state index in [0.29, 0.717) is 24.2 Å². The van der Waals surface area contributed by atoms with Gasteiger partial charge in [0.25, 0.3) is 0 Å². The van der Waals surface area contributed by atoms with Crippen molar-refractivity contribution in [3.05, 3.63) is 12.4 Å². The van der Waals surface area contributed by atoms with Crippen LogP contribution in [0.25, 0.3) is 0 Å². The minimum Gasteiger partial charge on any atom is -0.463 e. The lowest BCUT2D eigenvalue weighted by atomic mass is 10.1.